The van der Waals surface area contributed by atoms with Crippen LogP contribution in [0.25, 0.3) is 0 Å². The number of thioether (sulfide) groups is 1. The van der Waals surface area contributed by atoms with Crippen LogP contribution in [0.2, 0.25) is 0 Å². The topological polar surface area (TPSA) is 0 Å². The van der Waals surface area contributed by atoms with Gasteiger partial charge >= 0.3 is 0 Å². The Morgan fingerprint density at radius 1 is 0.774 bits per heavy atom. The van der Waals surface area contributed by atoms with Crippen LogP contribution in [-0.2, 0) is 0 Å². The molecule has 0 saturated heterocycles. The van der Waals surface area contributed by atoms with Gasteiger partial charge in [0.15, 0.2) is 0 Å². The van der Waals surface area contributed by atoms with Crippen molar-refractivity contribution < 1.29 is 8.78 Å². The number of terminal acetylenes is 1. The summed E-state index contributed by atoms with van der Waals surface area (Å²) in [5.41, 5.74) is 0. The lowest BCUT2D eigenvalue weighted by Gasteiger charge is -2.43. The van der Waals surface area contributed by atoms with E-state index in [-0.39, 0.29) is 11.2 Å². The molecular formula is C28H48F2S. The summed E-state index contributed by atoms with van der Waals surface area (Å²) in [6.07, 6.45) is 22.7. The van der Waals surface area contributed by atoms with Crippen LogP contribution < -0.4 is 0 Å². The summed E-state index contributed by atoms with van der Waals surface area (Å²) >= 11 is 1.74. The second kappa shape index (κ2) is 14.1. The lowest BCUT2D eigenvalue weighted by atomic mass is 9.65. The molecule has 3 rings (SSSR count). The Balaban J connectivity index is 0.00000166. The highest BCUT2D eigenvalue weighted by Crippen LogP contribution is 2.48. The molecule has 3 heteroatoms. The Hall–Kier alpha value is -0.230. The number of hydrogen-bond acceptors (Lipinski definition) is 1. The highest BCUT2D eigenvalue weighted by molar-refractivity contribution is 8.00. The summed E-state index contributed by atoms with van der Waals surface area (Å²) < 4.78 is 30.1. The SMILES string of the molecule is C#C.CCCCCC(C)SC1CCC(C2CCC(C3CCC(C)CC3)CC2)C(F)C1F. The summed E-state index contributed by atoms with van der Waals surface area (Å²) in [5.74, 6) is 3.13. The third-order valence-corrected chi connectivity index (χ3v) is 10.2. The molecule has 180 valence electrons. The number of unbranched alkanes of at least 4 members (excludes halogenated alkanes) is 2. The minimum absolute atomic E-state index is 0.00965. The van der Waals surface area contributed by atoms with Crippen LogP contribution in [0.1, 0.15) is 111 Å². The first kappa shape index (κ1) is 27.0. The first-order chi connectivity index (χ1) is 15.0. The van der Waals surface area contributed by atoms with E-state index < -0.39 is 12.3 Å². The smallest absolute Gasteiger partial charge is 0.143 e. The van der Waals surface area contributed by atoms with Gasteiger partial charge in [0.25, 0.3) is 0 Å². The fourth-order valence-electron chi connectivity index (χ4n) is 6.61. The van der Waals surface area contributed by atoms with Gasteiger partial charge in [-0.05, 0) is 87.4 Å². The first-order valence-electron chi connectivity index (χ1n) is 13.3. The average molecular weight is 455 g/mol. The lowest BCUT2D eigenvalue weighted by Crippen LogP contribution is -2.44. The molecule has 0 nitrogen and oxygen atoms in total. The Morgan fingerprint density at radius 3 is 1.90 bits per heavy atom. The van der Waals surface area contributed by atoms with Crippen LogP contribution >= 0.6 is 11.8 Å². The fourth-order valence-corrected chi connectivity index (χ4v) is 8.08. The average Bonchev–Trinajstić information content (AvgIpc) is 2.79. The van der Waals surface area contributed by atoms with Gasteiger partial charge in [-0.3, -0.25) is 0 Å². The maximum Gasteiger partial charge on any atom is 0.143 e. The molecular weight excluding hydrogens is 406 g/mol. The van der Waals surface area contributed by atoms with Crippen molar-refractivity contribution in [1.82, 2.24) is 0 Å². The van der Waals surface area contributed by atoms with Crippen molar-refractivity contribution in [3.63, 3.8) is 0 Å². The van der Waals surface area contributed by atoms with E-state index in [4.69, 9.17) is 0 Å². The van der Waals surface area contributed by atoms with E-state index in [0.717, 1.165) is 49.9 Å². The van der Waals surface area contributed by atoms with Crippen LogP contribution in [0.15, 0.2) is 0 Å². The van der Waals surface area contributed by atoms with E-state index >= 15 is 8.78 Å². The van der Waals surface area contributed by atoms with Crippen molar-refractivity contribution in [3.8, 4) is 12.8 Å². The van der Waals surface area contributed by atoms with Gasteiger partial charge in [0.1, 0.15) is 12.3 Å². The van der Waals surface area contributed by atoms with Crippen molar-refractivity contribution in [2.75, 3.05) is 0 Å². The van der Waals surface area contributed by atoms with E-state index in [2.05, 4.69) is 33.6 Å². The molecule has 0 aromatic heterocycles. The third kappa shape index (κ3) is 7.94. The van der Waals surface area contributed by atoms with Gasteiger partial charge in [-0.2, -0.15) is 11.8 Å². The van der Waals surface area contributed by atoms with Crippen molar-refractivity contribution in [2.24, 2.45) is 29.6 Å². The van der Waals surface area contributed by atoms with E-state index in [9.17, 15) is 0 Å². The Bertz CT molecular complexity index is 490. The molecule has 0 aromatic carbocycles. The zero-order valence-corrected chi connectivity index (χ0v) is 21.2. The molecule has 5 unspecified atom stereocenters. The van der Waals surface area contributed by atoms with Crippen molar-refractivity contribution in [2.45, 2.75) is 134 Å². The van der Waals surface area contributed by atoms with Gasteiger partial charge in [0.05, 0.1) is 0 Å². The maximum atomic E-state index is 15.1. The van der Waals surface area contributed by atoms with Crippen LogP contribution in [0, 0.1) is 42.4 Å². The minimum atomic E-state index is -1.25. The molecule has 3 aliphatic rings. The van der Waals surface area contributed by atoms with Gasteiger partial charge in [0.2, 0.25) is 0 Å². The summed E-state index contributed by atoms with van der Waals surface area (Å²) in [5, 5.41) is 0.348. The first-order valence-corrected chi connectivity index (χ1v) is 14.2. The van der Waals surface area contributed by atoms with E-state index in [1.54, 1.807) is 11.8 Å². The number of rotatable bonds is 8. The quantitative estimate of drug-likeness (QED) is 0.260. The van der Waals surface area contributed by atoms with E-state index in [1.807, 2.05) is 0 Å². The van der Waals surface area contributed by atoms with E-state index in [1.165, 1.54) is 57.8 Å². The second-order valence-corrected chi connectivity index (χ2v) is 12.5. The summed E-state index contributed by atoms with van der Waals surface area (Å²) in [7, 11) is 0. The molecule has 0 heterocycles. The zero-order chi connectivity index (χ0) is 22.8. The highest BCUT2D eigenvalue weighted by atomic mass is 32.2. The zero-order valence-electron chi connectivity index (χ0n) is 20.4. The largest absolute Gasteiger partial charge is 0.244 e. The Morgan fingerprint density at radius 2 is 1.32 bits per heavy atom. The number of hydrogen-bond donors (Lipinski definition) is 0. The molecule has 31 heavy (non-hydrogen) atoms. The van der Waals surface area contributed by atoms with Gasteiger partial charge in [0, 0.05) is 10.5 Å². The monoisotopic (exact) mass is 454 g/mol. The third-order valence-electron chi connectivity index (χ3n) is 8.62. The van der Waals surface area contributed by atoms with Gasteiger partial charge in [-0.1, -0.05) is 52.9 Å². The van der Waals surface area contributed by atoms with Crippen LogP contribution in [0.5, 0.6) is 0 Å². The van der Waals surface area contributed by atoms with Crippen LogP contribution in [-0.4, -0.2) is 22.8 Å². The Labute approximate surface area is 196 Å². The number of halogens is 2. The molecule has 0 N–H and O–H groups in total. The molecule has 0 spiro atoms. The van der Waals surface area contributed by atoms with Gasteiger partial charge in [-0.15, -0.1) is 12.8 Å². The van der Waals surface area contributed by atoms with E-state index in [0.29, 0.717) is 11.2 Å². The maximum absolute atomic E-state index is 15.1. The van der Waals surface area contributed by atoms with Crippen LogP contribution in [0.4, 0.5) is 8.78 Å². The second-order valence-electron chi connectivity index (χ2n) is 10.8. The molecule has 3 aliphatic carbocycles. The fraction of sp³-hybridized carbons (Fsp3) is 0.929. The molecule has 3 saturated carbocycles. The lowest BCUT2D eigenvalue weighted by molar-refractivity contribution is 0.0190. The van der Waals surface area contributed by atoms with Crippen molar-refractivity contribution in [3.05, 3.63) is 0 Å². The molecule has 0 radical (unpaired) electrons. The Kier molecular flexibility index (Phi) is 12.3. The van der Waals surface area contributed by atoms with Crippen LogP contribution in [0.3, 0.4) is 0 Å². The predicted octanol–water partition coefficient (Wildman–Crippen LogP) is 9.03. The van der Waals surface area contributed by atoms with Crippen molar-refractivity contribution in [1.29, 1.82) is 0 Å². The molecule has 0 bridgehead atoms. The minimum Gasteiger partial charge on any atom is -0.244 e. The summed E-state index contributed by atoms with van der Waals surface area (Å²) in [6, 6.07) is 0. The van der Waals surface area contributed by atoms with Crippen molar-refractivity contribution >= 4 is 11.8 Å². The molecule has 0 aliphatic heterocycles. The summed E-state index contributed by atoms with van der Waals surface area (Å²) in [4.78, 5) is 0. The molecule has 0 aromatic rings. The van der Waals surface area contributed by atoms with Gasteiger partial charge in [-0.25, -0.2) is 8.78 Å². The highest BCUT2D eigenvalue weighted by Gasteiger charge is 2.45. The molecule has 3 fully saturated rings. The predicted molar refractivity (Wildman–Crippen MR) is 134 cm³/mol. The molecule has 0 amide bonds. The van der Waals surface area contributed by atoms with Gasteiger partial charge < -0.3 is 0 Å². The normalized spacial score (nSPS) is 39.8. The molecule has 5 atom stereocenters. The number of alkyl halides is 2. The summed E-state index contributed by atoms with van der Waals surface area (Å²) in [6.45, 7) is 6.82. The standard InChI is InChI=1S/C26H46F2S.C2H2/c1-4-5-6-7-19(3)29-24-17-16-23(25(27)26(24)28)22-14-12-21(13-15-22)20-10-8-18(2)9-11-20;1-2/h18-26H,4-17H2,1-3H3;1-2H.